The van der Waals surface area contributed by atoms with Gasteiger partial charge in [0.15, 0.2) is 5.84 Å². The van der Waals surface area contributed by atoms with E-state index in [1.54, 1.807) is 11.7 Å². The number of hydrogen-bond donors (Lipinski definition) is 3. The molecule has 1 aromatic rings. The normalized spacial score (nSPS) is 18.4. The molecule has 0 spiro atoms. The van der Waals surface area contributed by atoms with Gasteiger partial charge in [0.1, 0.15) is 4.88 Å². The zero-order valence-corrected chi connectivity index (χ0v) is 11.3. The number of carbonyl (C=O) groups excluding carboxylic acids is 1. The fourth-order valence-corrected chi connectivity index (χ4v) is 2.60. The highest BCUT2D eigenvalue weighted by Gasteiger charge is 2.21. The van der Waals surface area contributed by atoms with E-state index in [1.165, 1.54) is 11.3 Å². The number of likely N-dealkylation sites (tertiary alicyclic amines) is 1. The second-order valence-corrected chi connectivity index (χ2v) is 5.37. The maximum absolute atomic E-state index is 11.9. The van der Waals surface area contributed by atoms with Gasteiger partial charge in [-0.15, -0.1) is 11.3 Å². The Morgan fingerprint density at radius 1 is 1.63 bits per heavy atom. The number of nitrogens with zero attached hydrogens (tertiary/aromatic N) is 3. The number of rotatable bonds is 4. The number of nitrogens with one attached hydrogen (secondary N) is 1. The Kier molecular flexibility index (Phi) is 4.69. The predicted octanol–water partition coefficient (Wildman–Crippen LogP) is 0.0837. The summed E-state index contributed by atoms with van der Waals surface area (Å²) in [4.78, 5) is 18.5. The standard InChI is InChI=1S/C11H17N5O2S/c12-10(15-18)6-16-3-1-8(2-4-16)14-11(17)9-5-13-7-19-9/h5,7-8,18H,1-4,6H2,(H2,12,15)(H,14,17). The van der Waals surface area contributed by atoms with Gasteiger partial charge in [0.2, 0.25) is 0 Å². The third-order valence-electron chi connectivity index (χ3n) is 3.09. The summed E-state index contributed by atoms with van der Waals surface area (Å²) in [6, 6.07) is 0.179. The molecular formula is C11H17N5O2S. The van der Waals surface area contributed by atoms with E-state index in [-0.39, 0.29) is 17.8 Å². The van der Waals surface area contributed by atoms with Crippen molar-refractivity contribution in [1.29, 1.82) is 0 Å². The number of amides is 1. The summed E-state index contributed by atoms with van der Waals surface area (Å²) in [5.41, 5.74) is 7.11. The molecule has 104 valence electrons. The van der Waals surface area contributed by atoms with Crippen LogP contribution in [0.25, 0.3) is 0 Å². The van der Waals surface area contributed by atoms with E-state index < -0.39 is 0 Å². The summed E-state index contributed by atoms with van der Waals surface area (Å²) in [5.74, 6) is 0.157. The van der Waals surface area contributed by atoms with Crippen molar-refractivity contribution in [3.8, 4) is 0 Å². The van der Waals surface area contributed by atoms with Gasteiger partial charge in [0, 0.05) is 19.1 Å². The largest absolute Gasteiger partial charge is 0.409 e. The lowest BCUT2D eigenvalue weighted by atomic mass is 10.0. The molecule has 1 saturated heterocycles. The number of amidine groups is 1. The zero-order chi connectivity index (χ0) is 13.7. The summed E-state index contributed by atoms with van der Waals surface area (Å²) >= 11 is 1.34. The van der Waals surface area contributed by atoms with Crippen LogP contribution in [-0.4, -0.2) is 52.5 Å². The van der Waals surface area contributed by atoms with Gasteiger partial charge < -0.3 is 16.3 Å². The van der Waals surface area contributed by atoms with E-state index in [9.17, 15) is 4.79 Å². The number of nitrogens with two attached hydrogens (primary N) is 1. The third kappa shape index (κ3) is 3.90. The Hall–Kier alpha value is -1.67. The lowest BCUT2D eigenvalue weighted by molar-refractivity contribution is 0.0918. The molecule has 0 bridgehead atoms. The second-order valence-electron chi connectivity index (χ2n) is 4.48. The van der Waals surface area contributed by atoms with Gasteiger partial charge in [0.05, 0.1) is 18.3 Å². The average Bonchev–Trinajstić information content (AvgIpc) is 2.95. The molecule has 1 amide bonds. The van der Waals surface area contributed by atoms with Gasteiger partial charge in [-0.25, -0.2) is 0 Å². The van der Waals surface area contributed by atoms with Crippen LogP contribution in [0.2, 0.25) is 0 Å². The van der Waals surface area contributed by atoms with Crippen LogP contribution in [0.15, 0.2) is 16.9 Å². The molecule has 2 rings (SSSR count). The monoisotopic (exact) mass is 283 g/mol. The van der Waals surface area contributed by atoms with Crippen molar-refractivity contribution in [2.75, 3.05) is 19.6 Å². The predicted molar refractivity (Wildman–Crippen MR) is 72.5 cm³/mol. The number of hydrogen-bond acceptors (Lipinski definition) is 6. The topological polar surface area (TPSA) is 104 Å². The van der Waals surface area contributed by atoms with Crippen LogP contribution in [0.4, 0.5) is 0 Å². The van der Waals surface area contributed by atoms with Crippen molar-refractivity contribution in [2.24, 2.45) is 10.9 Å². The van der Waals surface area contributed by atoms with Crippen molar-refractivity contribution in [3.05, 3.63) is 16.6 Å². The Morgan fingerprint density at radius 3 is 2.95 bits per heavy atom. The summed E-state index contributed by atoms with van der Waals surface area (Å²) in [6.07, 6.45) is 3.31. The van der Waals surface area contributed by atoms with E-state index in [4.69, 9.17) is 10.9 Å². The molecule has 2 heterocycles. The molecule has 0 aliphatic carbocycles. The molecule has 0 aromatic carbocycles. The second kappa shape index (κ2) is 6.48. The molecule has 1 aliphatic heterocycles. The Bertz CT molecular complexity index is 440. The van der Waals surface area contributed by atoms with Crippen molar-refractivity contribution < 1.29 is 10.0 Å². The van der Waals surface area contributed by atoms with Crippen molar-refractivity contribution in [1.82, 2.24) is 15.2 Å². The minimum atomic E-state index is -0.0580. The van der Waals surface area contributed by atoms with Crippen LogP contribution in [0, 0.1) is 0 Å². The van der Waals surface area contributed by atoms with Crippen LogP contribution in [-0.2, 0) is 0 Å². The Labute approximate surface area is 115 Å². The van der Waals surface area contributed by atoms with Gasteiger partial charge in [-0.1, -0.05) is 5.16 Å². The molecule has 1 fully saturated rings. The van der Waals surface area contributed by atoms with Gasteiger partial charge in [-0.05, 0) is 12.8 Å². The third-order valence-corrected chi connectivity index (χ3v) is 3.86. The highest BCUT2D eigenvalue weighted by Crippen LogP contribution is 2.12. The van der Waals surface area contributed by atoms with Crippen LogP contribution < -0.4 is 11.1 Å². The number of carbonyl (C=O) groups is 1. The summed E-state index contributed by atoms with van der Waals surface area (Å²) in [5, 5.41) is 14.5. The van der Waals surface area contributed by atoms with Crippen molar-refractivity contribution >= 4 is 23.1 Å². The molecule has 0 atom stereocenters. The average molecular weight is 283 g/mol. The minimum Gasteiger partial charge on any atom is -0.409 e. The lowest BCUT2D eigenvalue weighted by Crippen LogP contribution is -2.46. The molecule has 0 radical (unpaired) electrons. The fraction of sp³-hybridized carbons (Fsp3) is 0.545. The highest BCUT2D eigenvalue weighted by atomic mass is 32.1. The summed E-state index contributed by atoms with van der Waals surface area (Å²) in [7, 11) is 0. The molecule has 1 aromatic heterocycles. The van der Waals surface area contributed by atoms with Crippen molar-refractivity contribution in [3.63, 3.8) is 0 Å². The highest BCUT2D eigenvalue weighted by molar-refractivity contribution is 7.11. The molecule has 7 nitrogen and oxygen atoms in total. The Balaban J connectivity index is 1.76. The summed E-state index contributed by atoms with van der Waals surface area (Å²) < 4.78 is 0. The van der Waals surface area contributed by atoms with Crippen LogP contribution in [0.1, 0.15) is 22.5 Å². The smallest absolute Gasteiger partial charge is 0.263 e. The van der Waals surface area contributed by atoms with Crippen molar-refractivity contribution in [2.45, 2.75) is 18.9 Å². The maximum Gasteiger partial charge on any atom is 0.263 e. The quantitative estimate of drug-likeness (QED) is 0.314. The number of piperidine rings is 1. The van der Waals surface area contributed by atoms with E-state index in [0.29, 0.717) is 11.4 Å². The molecule has 0 saturated carbocycles. The summed E-state index contributed by atoms with van der Waals surface area (Å²) in [6.45, 7) is 2.11. The number of aromatic nitrogens is 1. The van der Waals surface area contributed by atoms with Gasteiger partial charge >= 0.3 is 0 Å². The van der Waals surface area contributed by atoms with Gasteiger partial charge in [0.25, 0.3) is 5.91 Å². The first kappa shape index (κ1) is 13.8. The van der Waals surface area contributed by atoms with E-state index >= 15 is 0 Å². The lowest BCUT2D eigenvalue weighted by Gasteiger charge is -2.31. The molecule has 1 aliphatic rings. The van der Waals surface area contributed by atoms with Crippen LogP contribution in [0.3, 0.4) is 0 Å². The van der Waals surface area contributed by atoms with E-state index in [0.717, 1.165) is 25.9 Å². The molecule has 4 N–H and O–H groups in total. The minimum absolute atomic E-state index is 0.0580. The molecule has 19 heavy (non-hydrogen) atoms. The van der Waals surface area contributed by atoms with E-state index in [2.05, 4.69) is 20.4 Å². The number of thiazole rings is 1. The molecule has 0 unspecified atom stereocenters. The molecular weight excluding hydrogens is 266 g/mol. The van der Waals surface area contributed by atoms with Gasteiger partial charge in [-0.2, -0.15) is 0 Å². The fourth-order valence-electron chi connectivity index (χ4n) is 2.08. The van der Waals surface area contributed by atoms with E-state index in [1.807, 2.05) is 0 Å². The molecule has 8 heteroatoms. The van der Waals surface area contributed by atoms with Crippen LogP contribution >= 0.6 is 11.3 Å². The maximum atomic E-state index is 11.9. The number of oxime groups is 1. The first-order valence-corrected chi connectivity index (χ1v) is 6.95. The van der Waals surface area contributed by atoms with Gasteiger partial charge in [-0.3, -0.25) is 14.7 Å². The first-order valence-electron chi connectivity index (χ1n) is 6.07. The van der Waals surface area contributed by atoms with Crippen LogP contribution in [0.5, 0.6) is 0 Å². The SMILES string of the molecule is NC(CN1CCC(NC(=O)c2cncs2)CC1)=NO. The first-order chi connectivity index (χ1) is 9.19. The Morgan fingerprint density at radius 2 is 2.37 bits per heavy atom. The zero-order valence-electron chi connectivity index (χ0n) is 10.5.